The Morgan fingerprint density at radius 2 is 1.94 bits per heavy atom. The minimum absolute atomic E-state index is 0.117. The molecule has 2 aromatic rings. The summed E-state index contributed by atoms with van der Waals surface area (Å²) in [6.07, 6.45) is 3.61. The highest BCUT2D eigenvalue weighted by atomic mass is 35.5. The van der Waals surface area contributed by atoms with E-state index in [4.69, 9.17) is 16.3 Å². The van der Waals surface area contributed by atoms with Gasteiger partial charge in [0, 0.05) is 0 Å². The van der Waals surface area contributed by atoms with Crippen molar-refractivity contribution in [3.8, 4) is 0 Å². The summed E-state index contributed by atoms with van der Waals surface area (Å²) < 4.78 is 7.71. The number of ether oxygens (including phenoxy) is 1. The van der Waals surface area contributed by atoms with E-state index in [0.29, 0.717) is 16.7 Å². The quantitative estimate of drug-likeness (QED) is 0.795. The van der Waals surface area contributed by atoms with Gasteiger partial charge in [0.2, 0.25) is 0 Å². The zero-order valence-electron chi connectivity index (χ0n) is 10.5. The summed E-state index contributed by atoms with van der Waals surface area (Å²) in [6, 6.07) is 0. The maximum absolute atomic E-state index is 6.19. The molecule has 1 fully saturated rings. The van der Waals surface area contributed by atoms with Crippen LogP contribution in [0, 0.1) is 5.92 Å². The Morgan fingerprint density at radius 3 is 2.61 bits per heavy atom. The molecule has 4 atom stereocenters. The molecule has 5 nitrogen and oxygen atoms in total. The summed E-state index contributed by atoms with van der Waals surface area (Å²) in [6.45, 7) is 6.34. The lowest BCUT2D eigenvalue weighted by Crippen LogP contribution is -2.18. The largest absolute Gasteiger partial charge is 0.374 e. The molecule has 0 amide bonds. The molecule has 0 aliphatic carbocycles. The predicted molar refractivity (Wildman–Crippen MR) is 67.7 cm³/mol. The molecular weight excluding hydrogens is 252 g/mol. The minimum atomic E-state index is 0.117. The Labute approximate surface area is 110 Å². The third kappa shape index (κ3) is 1.61. The zero-order valence-corrected chi connectivity index (χ0v) is 11.3. The van der Waals surface area contributed by atoms with Gasteiger partial charge in [0.25, 0.3) is 0 Å². The van der Waals surface area contributed by atoms with Gasteiger partial charge in [-0.05, 0) is 19.8 Å². The second kappa shape index (κ2) is 4.17. The third-order valence-corrected chi connectivity index (χ3v) is 4.10. The van der Waals surface area contributed by atoms with E-state index in [1.54, 1.807) is 12.4 Å². The van der Waals surface area contributed by atoms with Crippen molar-refractivity contribution >= 4 is 17.2 Å². The Kier molecular flexibility index (Phi) is 2.75. The predicted octanol–water partition coefficient (Wildman–Crippen LogP) is 2.30. The average Bonchev–Trinajstić information content (AvgIpc) is 2.83. The number of aromatic nitrogens is 4. The fourth-order valence-corrected chi connectivity index (χ4v) is 2.99. The molecule has 18 heavy (non-hydrogen) atoms. The fourth-order valence-electron chi connectivity index (χ4n) is 2.76. The Morgan fingerprint density at radius 1 is 1.17 bits per heavy atom. The molecule has 3 heterocycles. The van der Waals surface area contributed by atoms with Gasteiger partial charge >= 0.3 is 0 Å². The highest BCUT2D eigenvalue weighted by molar-refractivity contribution is 6.29. The Balaban J connectivity index is 2.15. The molecule has 0 aromatic carbocycles. The number of fused-ring (bicyclic) bond motifs is 1. The van der Waals surface area contributed by atoms with E-state index in [0.717, 1.165) is 5.82 Å². The lowest BCUT2D eigenvalue weighted by molar-refractivity contribution is 0.0553. The second-order valence-corrected chi connectivity index (χ2v) is 5.30. The molecule has 0 radical (unpaired) electrons. The van der Waals surface area contributed by atoms with Crippen LogP contribution < -0.4 is 0 Å². The van der Waals surface area contributed by atoms with Crippen LogP contribution in [0.1, 0.15) is 32.5 Å². The van der Waals surface area contributed by atoms with E-state index in [1.165, 1.54) is 0 Å². The van der Waals surface area contributed by atoms with Crippen molar-refractivity contribution in [2.45, 2.75) is 38.9 Å². The van der Waals surface area contributed by atoms with Crippen LogP contribution in [0.4, 0.5) is 0 Å². The van der Waals surface area contributed by atoms with Crippen LogP contribution >= 0.6 is 11.6 Å². The van der Waals surface area contributed by atoms with Crippen molar-refractivity contribution in [3.63, 3.8) is 0 Å². The summed E-state index contributed by atoms with van der Waals surface area (Å²) >= 11 is 6.19. The van der Waals surface area contributed by atoms with E-state index in [1.807, 2.05) is 4.40 Å². The Bertz CT molecular complexity index is 584. The normalized spacial score (nSPS) is 32.2. The van der Waals surface area contributed by atoms with Crippen molar-refractivity contribution in [1.29, 1.82) is 0 Å². The van der Waals surface area contributed by atoms with Crippen LogP contribution in [0.15, 0.2) is 12.4 Å². The summed E-state index contributed by atoms with van der Waals surface area (Å²) in [5.74, 6) is 1.45. The molecule has 0 saturated carbocycles. The maximum Gasteiger partial charge on any atom is 0.180 e. The van der Waals surface area contributed by atoms with Gasteiger partial charge in [-0.1, -0.05) is 18.5 Å². The highest BCUT2D eigenvalue weighted by Crippen LogP contribution is 2.39. The number of hydrogen-bond donors (Lipinski definition) is 0. The van der Waals surface area contributed by atoms with Crippen LogP contribution in [0.25, 0.3) is 5.65 Å². The lowest BCUT2D eigenvalue weighted by atomic mass is 9.89. The van der Waals surface area contributed by atoms with Crippen LogP contribution in [-0.2, 0) is 4.74 Å². The van der Waals surface area contributed by atoms with Gasteiger partial charge in [0.1, 0.15) is 11.0 Å². The lowest BCUT2D eigenvalue weighted by Gasteiger charge is -2.16. The first-order valence-corrected chi connectivity index (χ1v) is 6.47. The average molecular weight is 267 g/mol. The van der Waals surface area contributed by atoms with Gasteiger partial charge in [-0.3, -0.25) is 9.38 Å². The SMILES string of the molecule is CC1OC(C)C(c2nnc3cncc(Cl)n23)C1C. The number of halogens is 1. The van der Waals surface area contributed by atoms with Crippen molar-refractivity contribution in [2.75, 3.05) is 0 Å². The third-order valence-electron chi connectivity index (χ3n) is 3.84. The molecule has 0 N–H and O–H groups in total. The molecule has 0 bridgehead atoms. The molecular formula is C12H15ClN4O. The second-order valence-electron chi connectivity index (χ2n) is 4.91. The molecule has 2 aromatic heterocycles. The van der Waals surface area contributed by atoms with Crippen LogP contribution in [0.2, 0.25) is 5.15 Å². The standard InChI is InChI=1S/C12H15ClN4O/c1-6-7(2)18-8(3)11(6)12-16-15-10-5-14-4-9(13)17(10)12/h4-8,11H,1-3H3. The minimum Gasteiger partial charge on any atom is -0.374 e. The molecule has 3 rings (SSSR count). The van der Waals surface area contributed by atoms with E-state index in [2.05, 4.69) is 36.0 Å². The number of hydrogen-bond acceptors (Lipinski definition) is 4. The van der Waals surface area contributed by atoms with Crippen molar-refractivity contribution in [3.05, 3.63) is 23.4 Å². The summed E-state index contributed by atoms with van der Waals surface area (Å²) in [4.78, 5) is 4.02. The summed E-state index contributed by atoms with van der Waals surface area (Å²) in [7, 11) is 0. The van der Waals surface area contributed by atoms with Gasteiger partial charge in [-0.15, -0.1) is 10.2 Å². The Hall–Kier alpha value is -1.20. The highest BCUT2D eigenvalue weighted by Gasteiger charge is 2.40. The first-order chi connectivity index (χ1) is 8.59. The topological polar surface area (TPSA) is 52.3 Å². The van der Waals surface area contributed by atoms with E-state index in [9.17, 15) is 0 Å². The number of nitrogens with zero attached hydrogens (tertiary/aromatic N) is 4. The van der Waals surface area contributed by atoms with E-state index >= 15 is 0 Å². The van der Waals surface area contributed by atoms with Crippen molar-refractivity contribution < 1.29 is 4.74 Å². The molecule has 96 valence electrons. The van der Waals surface area contributed by atoms with Crippen LogP contribution in [0.3, 0.4) is 0 Å². The summed E-state index contributed by atoms with van der Waals surface area (Å²) in [5, 5.41) is 8.94. The van der Waals surface area contributed by atoms with Crippen LogP contribution in [0.5, 0.6) is 0 Å². The molecule has 1 aliphatic heterocycles. The van der Waals surface area contributed by atoms with Gasteiger partial charge in [-0.25, -0.2) is 0 Å². The van der Waals surface area contributed by atoms with Gasteiger partial charge in [0.15, 0.2) is 5.65 Å². The monoisotopic (exact) mass is 266 g/mol. The fraction of sp³-hybridized carbons (Fsp3) is 0.583. The van der Waals surface area contributed by atoms with E-state index in [-0.39, 0.29) is 18.1 Å². The van der Waals surface area contributed by atoms with Gasteiger partial charge in [0.05, 0.1) is 30.5 Å². The first kappa shape index (κ1) is 11.9. The maximum atomic E-state index is 6.19. The van der Waals surface area contributed by atoms with Gasteiger partial charge < -0.3 is 4.74 Å². The zero-order chi connectivity index (χ0) is 12.9. The van der Waals surface area contributed by atoms with Crippen molar-refractivity contribution in [1.82, 2.24) is 19.6 Å². The van der Waals surface area contributed by atoms with Crippen LogP contribution in [-0.4, -0.2) is 31.8 Å². The molecule has 4 unspecified atom stereocenters. The molecule has 6 heteroatoms. The smallest absolute Gasteiger partial charge is 0.180 e. The molecule has 1 aliphatic rings. The van der Waals surface area contributed by atoms with Gasteiger partial charge in [-0.2, -0.15) is 0 Å². The molecule has 0 spiro atoms. The van der Waals surface area contributed by atoms with Crippen molar-refractivity contribution in [2.24, 2.45) is 5.92 Å². The first-order valence-electron chi connectivity index (χ1n) is 6.09. The summed E-state index contributed by atoms with van der Waals surface area (Å²) in [5.41, 5.74) is 0.677. The van der Waals surface area contributed by atoms with E-state index < -0.39 is 0 Å². The molecule has 1 saturated heterocycles. The number of rotatable bonds is 1.